The summed E-state index contributed by atoms with van der Waals surface area (Å²) in [7, 11) is 0. The molecule has 0 aliphatic rings. The molecule has 3 heteroatoms. The molecule has 0 bridgehead atoms. The molecule has 1 amide bonds. The van der Waals surface area contributed by atoms with Crippen molar-refractivity contribution in [2.75, 3.05) is 12.4 Å². The maximum absolute atomic E-state index is 11.6. The molecule has 0 unspecified atom stereocenters. The summed E-state index contributed by atoms with van der Waals surface area (Å²) in [6.45, 7) is 0.788. The van der Waals surface area contributed by atoms with E-state index in [1.807, 2.05) is 18.2 Å². The second-order valence-corrected chi connectivity index (χ2v) is 4.82. The third-order valence-corrected chi connectivity index (χ3v) is 3.13. The van der Waals surface area contributed by atoms with Crippen LogP contribution in [0.4, 0.5) is 0 Å². The number of carbonyl (C=O) groups is 1. The van der Waals surface area contributed by atoms with Gasteiger partial charge in [0.2, 0.25) is 5.91 Å². The molecule has 0 fully saturated rings. The van der Waals surface area contributed by atoms with Gasteiger partial charge in [-0.15, -0.1) is 11.6 Å². The van der Waals surface area contributed by atoms with Crippen molar-refractivity contribution in [1.29, 1.82) is 0 Å². The first-order valence-corrected chi connectivity index (χ1v) is 7.23. The number of hydrogen-bond donors (Lipinski definition) is 1. The first kappa shape index (κ1) is 15.0. The van der Waals surface area contributed by atoms with Gasteiger partial charge in [0.05, 0.1) is 0 Å². The Balaban J connectivity index is 2.01. The van der Waals surface area contributed by atoms with Gasteiger partial charge in [0.1, 0.15) is 0 Å². The SMILES string of the molecule is O=C(CCc1ccccc1)NCCCCCCCl. The summed E-state index contributed by atoms with van der Waals surface area (Å²) in [4.78, 5) is 11.6. The molecule has 0 saturated carbocycles. The second-order valence-electron chi connectivity index (χ2n) is 4.44. The number of halogens is 1. The lowest BCUT2D eigenvalue weighted by Crippen LogP contribution is -2.24. The zero-order chi connectivity index (χ0) is 13.1. The van der Waals surface area contributed by atoms with Gasteiger partial charge in [0.15, 0.2) is 0 Å². The van der Waals surface area contributed by atoms with E-state index in [1.165, 1.54) is 5.56 Å². The molecule has 0 atom stereocenters. The van der Waals surface area contributed by atoms with Gasteiger partial charge in [0, 0.05) is 18.8 Å². The van der Waals surface area contributed by atoms with E-state index >= 15 is 0 Å². The van der Waals surface area contributed by atoms with Gasteiger partial charge in [-0.05, 0) is 24.8 Å². The summed E-state index contributed by atoms with van der Waals surface area (Å²) >= 11 is 5.59. The van der Waals surface area contributed by atoms with Crippen LogP contribution in [0.5, 0.6) is 0 Å². The average Bonchev–Trinajstić information content (AvgIpc) is 2.41. The van der Waals surface area contributed by atoms with Gasteiger partial charge < -0.3 is 5.32 Å². The lowest BCUT2D eigenvalue weighted by molar-refractivity contribution is -0.121. The summed E-state index contributed by atoms with van der Waals surface area (Å²) in [5.74, 6) is 0.889. The molecule has 0 aliphatic carbocycles. The summed E-state index contributed by atoms with van der Waals surface area (Å²) in [5, 5.41) is 2.96. The first-order valence-electron chi connectivity index (χ1n) is 6.69. The Kier molecular flexibility index (Phi) is 8.32. The molecule has 0 spiro atoms. The molecule has 100 valence electrons. The number of carbonyl (C=O) groups excluding carboxylic acids is 1. The third kappa shape index (κ3) is 7.33. The molecule has 1 rings (SSSR count). The molecule has 0 aromatic heterocycles. The number of rotatable bonds is 9. The number of amides is 1. The van der Waals surface area contributed by atoms with Crippen LogP contribution < -0.4 is 5.32 Å². The van der Waals surface area contributed by atoms with Crippen LogP contribution in [0.25, 0.3) is 0 Å². The average molecular weight is 268 g/mol. The molecular formula is C15H22ClNO. The van der Waals surface area contributed by atoms with Crippen molar-refractivity contribution >= 4 is 17.5 Å². The Hall–Kier alpha value is -1.02. The van der Waals surface area contributed by atoms with Gasteiger partial charge in [-0.1, -0.05) is 43.2 Å². The van der Waals surface area contributed by atoms with E-state index in [1.54, 1.807) is 0 Å². The largest absolute Gasteiger partial charge is 0.356 e. The minimum absolute atomic E-state index is 0.149. The molecular weight excluding hydrogens is 246 g/mol. The molecule has 2 nitrogen and oxygen atoms in total. The highest BCUT2D eigenvalue weighted by Crippen LogP contribution is 2.03. The molecule has 1 aromatic rings. The fraction of sp³-hybridized carbons (Fsp3) is 0.533. The van der Waals surface area contributed by atoms with Crippen LogP contribution >= 0.6 is 11.6 Å². The van der Waals surface area contributed by atoms with Crippen LogP contribution in [0.3, 0.4) is 0 Å². The predicted octanol–water partition coefficient (Wildman–Crippen LogP) is 3.53. The smallest absolute Gasteiger partial charge is 0.220 e. The number of nitrogens with one attached hydrogen (secondary N) is 1. The van der Waals surface area contributed by atoms with Gasteiger partial charge in [-0.25, -0.2) is 0 Å². The predicted molar refractivity (Wildman–Crippen MR) is 77.0 cm³/mol. The summed E-state index contributed by atoms with van der Waals surface area (Å²) in [6.07, 6.45) is 5.82. The highest BCUT2D eigenvalue weighted by molar-refractivity contribution is 6.17. The molecule has 1 N–H and O–H groups in total. The van der Waals surface area contributed by atoms with Crippen LogP contribution in [-0.4, -0.2) is 18.3 Å². The Bertz CT molecular complexity index is 327. The second kappa shape index (κ2) is 9.95. The van der Waals surface area contributed by atoms with Crippen LogP contribution in [0, 0.1) is 0 Å². The number of aryl methyl sites for hydroxylation is 1. The highest BCUT2D eigenvalue weighted by atomic mass is 35.5. The Morgan fingerprint density at radius 1 is 1.06 bits per heavy atom. The van der Waals surface area contributed by atoms with Crippen LogP contribution in [0.2, 0.25) is 0 Å². The number of unbranched alkanes of at least 4 members (excludes halogenated alkanes) is 3. The van der Waals surface area contributed by atoms with Crippen molar-refractivity contribution < 1.29 is 4.79 Å². The van der Waals surface area contributed by atoms with E-state index in [2.05, 4.69) is 17.4 Å². The highest BCUT2D eigenvalue weighted by Gasteiger charge is 2.01. The lowest BCUT2D eigenvalue weighted by atomic mass is 10.1. The summed E-state index contributed by atoms with van der Waals surface area (Å²) < 4.78 is 0. The maximum Gasteiger partial charge on any atom is 0.220 e. The van der Waals surface area contributed by atoms with Crippen molar-refractivity contribution in [3.63, 3.8) is 0 Å². The minimum Gasteiger partial charge on any atom is -0.356 e. The minimum atomic E-state index is 0.149. The van der Waals surface area contributed by atoms with E-state index in [0.717, 1.165) is 44.5 Å². The van der Waals surface area contributed by atoms with Crippen LogP contribution in [0.1, 0.15) is 37.7 Å². The Morgan fingerprint density at radius 2 is 1.78 bits per heavy atom. The van der Waals surface area contributed by atoms with Gasteiger partial charge in [0.25, 0.3) is 0 Å². The van der Waals surface area contributed by atoms with Crippen LogP contribution in [0.15, 0.2) is 30.3 Å². The monoisotopic (exact) mass is 267 g/mol. The van der Waals surface area contributed by atoms with Gasteiger partial charge in [-0.2, -0.15) is 0 Å². The molecule has 18 heavy (non-hydrogen) atoms. The van der Waals surface area contributed by atoms with Crippen molar-refractivity contribution in [2.24, 2.45) is 0 Å². The van der Waals surface area contributed by atoms with E-state index in [-0.39, 0.29) is 5.91 Å². The van der Waals surface area contributed by atoms with Crippen LogP contribution in [-0.2, 0) is 11.2 Å². The number of benzene rings is 1. The van der Waals surface area contributed by atoms with Crippen molar-refractivity contribution in [1.82, 2.24) is 5.32 Å². The van der Waals surface area contributed by atoms with E-state index in [0.29, 0.717) is 6.42 Å². The molecule has 0 aliphatic heterocycles. The van der Waals surface area contributed by atoms with Crippen molar-refractivity contribution in [2.45, 2.75) is 38.5 Å². The molecule has 0 saturated heterocycles. The normalized spacial score (nSPS) is 10.3. The zero-order valence-electron chi connectivity index (χ0n) is 10.8. The third-order valence-electron chi connectivity index (χ3n) is 2.87. The van der Waals surface area contributed by atoms with Gasteiger partial charge >= 0.3 is 0 Å². The van der Waals surface area contributed by atoms with E-state index in [4.69, 9.17) is 11.6 Å². The standard InChI is InChI=1S/C15H22ClNO/c16-12-6-1-2-7-13-17-15(18)11-10-14-8-4-3-5-9-14/h3-5,8-9H,1-2,6-7,10-13H2,(H,17,18). The topological polar surface area (TPSA) is 29.1 Å². The van der Waals surface area contributed by atoms with Crippen molar-refractivity contribution in [3.05, 3.63) is 35.9 Å². The van der Waals surface area contributed by atoms with Gasteiger partial charge in [-0.3, -0.25) is 4.79 Å². The zero-order valence-corrected chi connectivity index (χ0v) is 11.6. The quantitative estimate of drug-likeness (QED) is 0.538. The lowest BCUT2D eigenvalue weighted by Gasteiger charge is -2.05. The van der Waals surface area contributed by atoms with E-state index in [9.17, 15) is 4.79 Å². The Labute approximate surface area is 115 Å². The van der Waals surface area contributed by atoms with Crippen molar-refractivity contribution in [3.8, 4) is 0 Å². The van der Waals surface area contributed by atoms with E-state index < -0.39 is 0 Å². The molecule has 1 aromatic carbocycles. The molecule has 0 radical (unpaired) electrons. The summed E-state index contributed by atoms with van der Waals surface area (Å²) in [6, 6.07) is 10.1. The number of hydrogen-bond acceptors (Lipinski definition) is 1. The Morgan fingerprint density at radius 3 is 2.50 bits per heavy atom. The maximum atomic E-state index is 11.6. The number of alkyl halides is 1. The summed E-state index contributed by atoms with van der Waals surface area (Å²) in [5.41, 5.74) is 1.22. The molecule has 0 heterocycles. The fourth-order valence-corrected chi connectivity index (χ4v) is 1.98. The fourth-order valence-electron chi connectivity index (χ4n) is 1.79. The first-order chi connectivity index (χ1) is 8.83.